The second-order valence-electron chi connectivity index (χ2n) is 6.15. The molecule has 0 saturated carbocycles. The number of carbonyl (C=O) groups excluding carboxylic acids is 1. The summed E-state index contributed by atoms with van der Waals surface area (Å²) in [7, 11) is 3.70. The number of carbonyl (C=O) groups is 1. The first-order valence-corrected chi connectivity index (χ1v) is 8.29. The molecule has 7 heteroatoms. The van der Waals surface area contributed by atoms with Gasteiger partial charge in [0.25, 0.3) is 5.91 Å². The number of nitrogens with zero attached hydrogens (tertiary/aromatic N) is 4. The maximum Gasteiger partial charge on any atom is 0.259 e. The van der Waals surface area contributed by atoms with E-state index in [0.717, 1.165) is 26.2 Å². The first kappa shape index (κ1) is 17.2. The topological polar surface area (TPSA) is 70.6 Å². The molecule has 0 atom stereocenters. The first-order valence-electron chi connectivity index (χ1n) is 8.29. The molecule has 1 fully saturated rings. The highest BCUT2D eigenvalue weighted by Gasteiger charge is 2.19. The van der Waals surface area contributed by atoms with Crippen LogP contribution in [-0.4, -0.2) is 61.1 Å². The van der Waals surface area contributed by atoms with E-state index in [4.69, 9.17) is 4.74 Å². The molecular weight excluding hydrogens is 318 g/mol. The van der Waals surface area contributed by atoms with Gasteiger partial charge >= 0.3 is 0 Å². The van der Waals surface area contributed by atoms with Crippen LogP contribution in [0.3, 0.4) is 0 Å². The van der Waals surface area contributed by atoms with Gasteiger partial charge in [-0.25, -0.2) is 9.97 Å². The van der Waals surface area contributed by atoms with Gasteiger partial charge in [0.15, 0.2) is 0 Å². The molecule has 0 unspecified atom stereocenters. The van der Waals surface area contributed by atoms with Gasteiger partial charge in [-0.05, 0) is 26.1 Å². The monoisotopic (exact) mass is 341 g/mol. The minimum absolute atomic E-state index is 0.226. The smallest absolute Gasteiger partial charge is 0.259 e. The molecule has 0 radical (unpaired) electrons. The number of rotatable bonds is 4. The van der Waals surface area contributed by atoms with Crippen molar-refractivity contribution in [2.45, 2.75) is 6.92 Å². The summed E-state index contributed by atoms with van der Waals surface area (Å²) >= 11 is 0. The average molecular weight is 341 g/mol. The molecule has 1 amide bonds. The molecule has 132 valence electrons. The lowest BCUT2D eigenvalue weighted by molar-refractivity contribution is 0.102. The quantitative estimate of drug-likeness (QED) is 0.914. The van der Waals surface area contributed by atoms with Gasteiger partial charge in [0.2, 0.25) is 5.95 Å². The molecule has 3 rings (SSSR count). The Balaban J connectivity index is 1.72. The van der Waals surface area contributed by atoms with Gasteiger partial charge in [0.05, 0.1) is 18.4 Å². The lowest BCUT2D eigenvalue weighted by Crippen LogP contribution is -2.45. The molecule has 2 aromatic rings. The van der Waals surface area contributed by atoms with Gasteiger partial charge in [-0.2, -0.15) is 0 Å². The van der Waals surface area contributed by atoms with Crippen LogP contribution in [0, 0.1) is 6.92 Å². The third kappa shape index (κ3) is 4.06. The molecule has 0 spiro atoms. The third-order valence-electron chi connectivity index (χ3n) is 4.32. The van der Waals surface area contributed by atoms with Crippen molar-refractivity contribution in [2.24, 2.45) is 0 Å². The van der Waals surface area contributed by atoms with E-state index < -0.39 is 0 Å². The fourth-order valence-electron chi connectivity index (χ4n) is 2.74. The van der Waals surface area contributed by atoms with Gasteiger partial charge in [-0.1, -0.05) is 6.07 Å². The van der Waals surface area contributed by atoms with Crippen LogP contribution in [0.2, 0.25) is 0 Å². The highest BCUT2D eigenvalue weighted by atomic mass is 16.5. The van der Waals surface area contributed by atoms with E-state index in [1.807, 2.05) is 25.1 Å². The molecule has 1 N–H and O–H groups in total. The van der Waals surface area contributed by atoms with Crippen LogP contribution >= 0.6 is 0 Å². The van der Waals surface area contributed by atoms with Crippen LogP contribution in [0.4, 0.5) is 11.6 Å². The van der Waals surface area contributed by atoms with Crippen molar-refractivity contribution in [1.29, 1.82) is 0 Å². The van der Waals surface area contributed by atoms with Crippen molar-refractivity contribution in [3.05, 3.63) is 41.7 Å². The largest absolute Gasteiger partial charge is 0.497 e. The molecule has 1 aliphatic rings. The Morgan fingerprint density at radius 2 is 2.00 bits per heavy atom. The number of hydrogen-bond donors (Lipinski definition) is 1. The van der Waals surface area contributed by atoms with E-state index in [0.29, 0.717) is 28.6 Å². The highest BCUT2D eigenvalue weighted by molar-refractivity contribution is 6.04. The van der Waals surface area contributed by atoms with Gasteiger partial charge < -0.3 is 19.9 Å². The van der Waals surface area contributed by atoms with Crippen molar-refractivity contribution in [1.82, 2.24) is 14.9 Å². The van der Waals surface area contributed by atoms with Gasteiger partial charge in [-0.3, -0.25) is 4.79 Å². The number of amides is 1. The van der Waals surface area contributed by atoms with Crippen LogP contribution in [0.25, 0.3) is 0 Å². The fourth-order valence-corrected chi connectivity index (χ4v) is 2.74. The van der Waals surface area contributed by atoms with E-state index in [-0.39, 0.29) is 5.91 Å². The molecule has 1 saturated heterocycles. The summed E-state index contributed by atoms with van der Waals surface area (Å²) in [6.45, 7) is 5.60. The van der Waals surface area contributed by atoms with Crippen LogP contribution < -0.4 is 15.0 Å². The minimum atomic E-state index is -0.226. The van der Waals surface area contributed by atoms with Gasteiger partial charge in [0.1, 0.15) is 5.75 Å². The first-order chi connectivity index (χ1) is 12.1. The molecule has 1 aromatic carbocycles. The molecule has 1 aromatic heterocycles. The number of aromatic nitrogens is 2. The minimum Gasteiger partial charge on any atom is -0.497 e. The normalized spacial score (nSPS) is 15.1. The molecule has 1 aliphatic heterocycles. The number of ether oxygens (including phenoxy) is 1. The maximum atomic E-state index is 12.5. The van der Waals surface area contributed by atoms with Crippen LogP contribution in [0.15, 0.2) is 30.5 Å². The Morgan fingerprint density at radius 3 is 2.68 bits per heavy atom. The summed E-state index contributed by atoms with van der Waals surface area (Å²) in [5.74, 6) is 1.15. The predicted octanol–water partition coefficient (Wildman–Crippen LogP) is 1.80. The molecular formula is C18H23N5O2. The molecule has 2 heterocycles. The van der Waals surface area contributed by atoms with Crippen molar-refractivity contribution in [3.63, 3.8) is 0 Å². The van der Waals surface area contributed by atoms with E-state index in [1.54, 1.807) is 19.4 Å². The molecule has 0 aliphatic carbocycles. The Hall–Kier alpha value is -2.67. The Kier molecular flexibility index (Phi) is 5.14. The lowest BCUT2D eigenvalue weighted by Gasteiger charge is -2.32. The van der Waals surface area contributed by atoms with Crippen molar-refractivity contribution >= 4 is 17.5 Å². The SMILES string of the molecule is COc1cccc(NC(=O)c2cnc(N3CCN(C)CC3)nc2C)c1. The van der Waals surface area contributed by atoms with Gasteiger partial charge in [-0.15, -0.1) is 0 Å². The zero-order valence-electron chi connectivity index (χ0n) is 14.8. The number of anilines is 2. The van der Waals surface area contributed by atoms with E-state index in [1.165, 1.54) is 0 Å². The van der Waals surface area contributed by atoms with E-state index in [9.17, 15) is 4.79 Å². The molecule has 25 heavy (non-hydrogen) atoms. The summed E-state index contributed by atoms with van der Waals surface area (Å²) < 4.78 is 5.17. The van der Waals surface area contributed by atoms with Crippen molar-refractivity contribution in [2.75, 3.05) is 50.6 Å². The van der Waals surface area contributed by atoms with Crippen LogP contribution in [0.1, 0.15) is 16.1 Å². The Labute approximate surface area is 147 Å². The number of nitrogens with one attached hydrogen (secondary N) is 1. The van der Waals surface area contributed by atoms with Crippen LogP contribution in [-0.2, 0) is 0 Å². The second kappa shape index (κ2) is 7.48. The average Bonchev–Trinajstić information content (AvgIpc) is 2.62. The lowest BCUT2D eigenvalue weighted by atomic mass is 10.2. The van der Waals surface area contributed by atoms with Crippen molar-refractivity contribution < 1.29 is 9.53 Å². The standard InChI is InChI=1S/C18H23N5O2/c1-13-16(17(24)21-14-5-4-6-15(11-14)25-3)12-19-18(20-13)23-9-7-22(2)8-10-23/h4-6,11-12H,7-10H2,1-3H3,(H,21,24). The number of aryl methyl sites for hydroxylation is 1. The number of likely N-dealkylation sites (N-methyl/N-ethyl adjacent to an activating group) is 1. The molecule has 0 bridgehead atoms. The second-order valence-corrected chi connectivity index (χ2v) is 6.15. The van der Waals surface area contributed by atoms with Crippen LogP contribution in [0.5, 0.6) is 5.75 Å². The number of benzene rings is 1. The summed E-state index contributed by atoms with van der Waals surface area (Å²) in [4.78, 5) is 25.9. The maximum absolute atomic E-state index is 12.5. The van der Waals surface area contributed by atoms with Crippen molar-refractivity contribution in [3.8, 4) is 5.75 Å². The van der Waals surface area contributed by atoms with E-state index >= 15 is 0 Å². The zero-order valence-corrected chi connectivity index (χ0v) is 14.8. The fraction of sp³-hybridized carbons (Fsp3) is 0.389. The Bertz CT molecular complexity index is 757. The summed E-state index contributed by atoms with van der Waals surface area (Å²) in [5.41, 5.74) is 1.82. The summed E-state index contributed by atoms with van der Waals surface area (Å²) in [5, 5.41) is 2.86. The number of hydrogen-bond acceptors (Lipinski definition) is 6. The third-order valence-corrected chi connectivity index (χ3v) is 4.32. The summed E-state index contributed by atoms with van der Waals surface area (Å²) in [6.07, 6.45) is 1.60. The number of piperazine rings is 1. The Morgan fingerprint density at radius 1 is 1.24 bits per heavy atom. The van der Waals surface area contributed by atoms with Gasteiger partial charge in [0, 0.05) is 44.1 Å². The predicted molar refractivity (Wildman–Crippen MR) is 97.4 cm³/mol. The zero-order chi connectivity index (χ0) is 17.8. The van der Waals surface area contributed by atoms with E-state index in [2.05, 4.69) is 32.1 Å². The number of methoxy groups -OCH3 is 1. The highest BCUT2D eigenvalue weighted by Crippen LogP contribution is 2.19. The molecule has 7 nitrogen and oxygen atoms in total. The summed E-state index contributed by atoms with van der Waals surface area (Å²) in [6, 6.07) is 7.24.